The van der Waals surface area contributed by atoms with E-state index in [1.54, 1.807) is 6.92 Å². The van der Waals surface area contributed by atoms with E-state index in [0.717, 1.165) is 0 Å². The number of unbranched alkanes of at least 4 members (excludes halogenated alkanes) is 1. The van der Waals surface area contributed by atoms with Gasteiger partial charge >= 0.3 is 5.97 Å². The first-order valence-electron chi connectivity index (χ1n) is 10.3. The molecule has 0 aliphatic rings. The van der Waals surface area contributed by atoms with Gasteiger partial charge in [-0.1, -0.05) is 20.3 Å². The van der Waals surface area contributed by atoms with E-state index in [1.807, 2.05) is 6.92 Å². The summed E-state index contributed by atoms with van der Waals surface area (Å²) in [4.78, 5) is 59.6. The van der Waals surface area contributed by atoms with Crippen molar-refractivity contribution in [2.45, 2.75) is 77.0 Å². The third-order valence-corrected chi connectivity index (χ3v) is 4.86. The molecule has 12 heteroatoms. The molecule has 0 aromatic heterocycles. The molecular weight excluding hydrogens is 408 g/mol. The minimum atomic E-state index is -1.21. The van der Waals surface area contributed by atoms with Crippen LogP contribution in [-0.2, 0) is 24.0 Å². The van der Waals surface area contributed by atoms with Gasteiger partial charge in [0.25, 0.3) is 0 Å². The fraction of sp³-hybridized carbons (Fsp3) is 0.737. The van der Waals surface area contributed by atoms with Crippen molar-refractivity contribution < 1.29 is 29.1 Å². The Morgan fingerprint density at radius 3 is 2.03 bits per heavy atom. The lowest BCUT2D eigenvalue weighted by molar-refractivity contribution is -0.142. The van der Waals surface area contributed by atoms with E-state index >= 15 is 0 Å². The highest BCUT2D eigenvalue weighted by molar-refractivity contribution is 5.94. The Bertz CT molecular complexity index is 643. The van der Waals surface area contributed by atoms with Crippen LogP contribution in [0.5, 0.6) is 0 Å². The fourth-order valence-electron chi connectivity index (χ4n) is 2.69. The summed E-state index contributed by atoms with van der Waals surface area (Å²) in [6, 6.07) is -4.36. The van der Waals surface area contributed by atoms with Crippen LogP contribution in [0.15, 0.2) is 0 Å². The van der Waals surface area contributed by atoms with Gasteiger partial charge in [0.15, 0.2) is 0 Å². The van der Waals surface area contributed by atoms with Gasteiger partial charge in [0, 0.05) is 0 Å². The normalized spacial score (nSPS) is 15.6. The number of carbonyl (C=O) groups excluding carboxylic acids is 4. The monoisotopic (exact) mass is 444 g/mol. The third-order valence-electron chi connectivity index (χ3n) is 4.86. The van der Waals surface area contributed by atoms with Crippen molar-refractivity contribution in [1.82, 2.24) is 16.0 Å². The number of primary amides is 1. The molecule has 5 unspecified atom stereocenters. The van der Waals surface area contributed by atoms with Gasteiger partial charge in [-0.25, -0.2) is 4.79 Å². The topological polar surface area (TPSA) is 220 Å². The second-order valence-corrected chi connectivity index (χ2v) is 7.56. The zero-order valence-corrected chi connectivity index (χ0v) is 18.3. The van der Waals surface area contributed by atoms with Gasteiger partial charge in [-0.3, -0.25) is 19.2 Å². The lowest BCUT2D eigenvalue weighted by Gasteiger charge is -2.26. The molecule has 0 fully saturated rings. The predicted octanol–water partition coefficient (Wildman–Crippen LogP) is -2.08. The summed E-state index contributed by atoms with van der Waals surface area (Å²) in [5.74, 6) is -4.26. The summed E-state index contributed by atoms with van der Waals surface area (Å²) in [5.41, 5.74) is 16.0. The molecule has 0 spiro atoms. The summed E-state index contributed by atoms with van der Waals surface area (Å²) in [7, 11) is 0. The molecular formula is C19H36N6O6. The first-order chi connectivity index (χ1) is 14.4. The third kappa shape index (κ3) is 10.7. The molecule has 0 aromatic rings. The minimum Gasteiger partial charge on any atom is -0.480 e. The first-order valence-corrected chi connectivity index (χ1v) is 10.3. The predicted molar refractivity (Wildman–Crippen MR) is 113 cm³/mol. The Morgan fingerprint density at radius 2 is 1.55 bits per heavy atom. The second-order valence-electron chi connectivity index (χ2n) is 7.56. The van der Waals surface area contributed by atoms with Crippen molar-refractivity contribution in [3.8, 4) is 0 Å². The second kappa shape index (κ2) is 14.3. The van der Waals surface area contributed by atoms with E-state index < -0.39 is 53.8 Å². The molecule has 0 saturated heterocycles. The largest absolute Gasteiger partial charge is 0.480 e. The highest BCUT2D eigenvalue weighted by atomic mass is 16.4. The SMILES string of the molecule is CCC(C)C(NC(=O)C(N)CC(N)=O)C(=O)NC(C)C(=O)NC(CCCCN)C(=O)O. The molecule has 0 bridgehead atoms. The van der Waals surface area contributed by atoms with E-state index in [0.29, 0.717) is 25.8 Å². The molecule has 10 N–H and O–H groups in total. The van der Waals surface area contributed by atoms with Gasteiger partial charge in [-0.15, -0.1) is 0 Å². The molecule has 0 aliphatic heterocycles. The minimum absolute atomic E-state index is 0.211. The van der Waals surface area contributed by atoms with E-state index in [2.05, 4.69) is 16.0 Å². The lowest BCUT2D eigenvalue weighted by Crippen LogP contribution is -2.58. The average molecular weight is 445 g/mol. The number of hydrogen-bond donors (Lipinski definition) is 7. The van der Waals surface area contributed by atoms with Crippen LogP contribution in [0.1, 0.15) is 52.9 Å². The molecule has 0 aliphatic carbocycles. The van der Waals surface area contributed by atoms with E-state index in [4.69, 9.17) is 17.2 Å². The first kappa shape index (κ1) is 28.3. The van der Waals surface area contributed by atoms with Gasteiger partial charge in [-0.2, -0.15) is 0 Å². The molecule has 0 saturated carbocycles. The number of carbonyl (C=O) groups is 5. The Balaban J connectivity index is 5.06. The van der Waals surface area contributed by atoms with Crippen LogP contribution in [0.2, 0.25) is 0 Å². The molecule has 5 atom stereocenters. The maximum Gasteiger partial charge on any atom is 0.326 e. The van der Waals surface area contributed by atoms with Gasteiger partial charge < -0.3 is 38.3 Å². The van der Waals surface area contributed by atoms with Crippen LogP contribution < -0.4 is 33.2 Å². The smallest absolute Gasteiger partial charge is 0.326 e. The number of carboxylic acids is 1. The molecule has 0 aromatic carbocycles. The Morgan fingerprint density at radius 1 is 0.935 bits per heavy atom. The van der Waals surface area contributed by atoms with Gasteiger partial charge in [0.2, 0.25) is 23.6 Å². The van der Waals surface area contributed by atoms with E-state index in [1.165, 1.54) is 6.92 Å². The zero-order chi connectivity index (χ0) is 24.1. The highest BCUT2D eigenvalue weighted by Crippen LogP contribution is 2.09. The number of aliphatic carboxylic acids is 1. The van der Waals surface area contributed by atoms with Crippen molar-refractivity contribution >= 4 is 29.6 Å². The van der Waals surface area contributed by atoms with Crippen LogP contribution in [-0.4, -0.2) is 65.4 Å². The number of amides is 4. The van der Waals surface area contributed by atoms with Crippen LogP contribution in [0, 0.1) is 5.92 Å². The van der Waals surface area contributed by atoms with Gasteiger partial charge in [-0.05, 0) is 38.6 Å². The summed E-state index contributed by atoms with van der Waals surface area (Å²) >= 11 is 0. The molecule has 0 rings (SSSR count). The number of rotatable bonds is 15. The van der Waals surface area contributed by atoms with Crippen molar-refractivity contribution in [3.63, 3.8) is 0 Å². The maximum absolute atomic E-state index is 12.7. The quantitative estimate of drug-likeness (QED) is 0.139. The lowest BCUT2D eigenvalue weighted by atomic mass is 9.97. The standard InChI is InChI=1S/C19H36N6O6/c1-4-10(2)15(25-17(28)12(21)9-14(22)26)18(29)23-11(3)16(27)24-13(19(30)31)7-5-6-8-20/h10-13,15H,4-9,20-21H2,1-3H3,(H2,22,26)(H,23,29)(H,24,27)(H,25,28)(H,30,31). The highest BCUT2D eigenvalue weighted by Gasteiger charge is 2.31. The summed E-state index contributed by atoms with van der Waals surface area (Å²) in [5, 5.41) is 16.6. The van der Waals surface area contributed by atoms with Crippen molar-refractivity contribution in [2.75, 3.05) is 6.54 Å². The number of carboxylic acid groups (broad SMARTS) is 1. The molecule has 4 amide bonds. The summed E-state index contributed by atoms with van der Waals surface area (Å²) < 4.78 is 0. The van der Waals surface area contributed by atoms with E-state index in [-0.39, 0.29) is 18.8 Å². The average Bonchev–Trinajstić information content (AvgIpc) is 2.69. The molecule has 0 radical (unpaired) electrons. The summed E-state index contributed by atoms with van der Waals surface area (Å²) in [6.07, 6.45) is 1.52. The Hall–Kier alpha value is -2.73. The van der Waals surface area contributed by atoms with Crippen molar-refractivity contribution in [1.29, 1.82) is 0 Å². The number of hydrogen-bond acceptors (Lipinski definition) is 7. The fourth-order valence-corrected chi connectivity index (χ4v) is 2.69. The maximum atomic E-state index is 12.7. The van der Waals surface area contributed by atoms with Crippen LogP contribution in [0.3, 0.4) is 0 Å². The zero-order valence-electron chi connectivity index (χ0n) is 18.3. The summed E-state index contributed by atoms with van der Waals surface area (Å²) in [6.45, 7) is 5.36. The number of nitrogens with two attached hydrogens (primary N) is 3. The van der Waals surface area contributed by atoms with Gasteiger partial charge in [0.1, 0.15) is 18.1 Å². The Labute approximate surface area is 182 Å². The van der Waals surface area contributed by atoms with Crippen molar-refractivity contribution in [2.24, 2.45) is 23.1 Å². The molecule has 178 valence electrons. The van der Waals surface area contributed by atoms with Crippen LogP contribution in [0.4, 0.5) is 0 Å². The van der Waals surface area contributed by atoms with Crippen LogP contribution >= 0.6 is 0 Å². The van der Waals surface area contributed by atoms with Gasteiger partial charge in [0.05, 0.1) is 12.5 Å². The van der Waals surface area contributed by atoms with Crippen molar-refractivity contribution in [3.05, 3.63) is 0 Å². The molecule has 12 nitrogen and oxygen atoms in total. The number of nitrogens with one attached hydrogen (secondary N) is 3. The molecule has 31 heavy (non-hydrogen) atoms. The molecule has 0 heterocycles. The van der Waals surface area contributed by atoms with E-state index in [9.17, 15) is 29.1 Å². The Kier molecular flexibility index (Phi) is 13.0. The van der Waals surface area contributed by atoms with Crippen LogP contribution in [0.25, 0.3) is 0 Å².